The van der Waals surface area contributed by atoms with Gasteiger partial charge in [0.25, 0.3) is 0 Å². The van der Waals surface area contributed by atoms with Crippen molar-refractivity contribution in [3.05, 3.63) is 48.0 Å². The molecule has 2 rings (SSSR count). The second kappa shape index (κ2) is 6.24. The summed E-state index contributed by atoms with van der Waals surface area (Å²) in [5, 5.41) is 2.89. The van der Waals surface area contributed by atoms with E-state index in [1.165, 1.54) is 16.3 Å². The van der Waals surface area contributed by atoms with Crippen LogP contribution in [-0.2, 0) is 6.42 Å². The molecule has 0 aliphatic carbocycles. The van der Waals surface area contributed by atoms with Crippen LogP contribution < -0.4 is 0 Å². The molecule has 0 saturated carbocycles. The maximum absolute atomic E-state index is 6.58. The van der Waals surface area contributed by atoms with Gasteiger partial charge in [0.1, 0.15) is 0 Å². The van der Waals surface area contributed by atoms with Crippen LogP contribution in [0.4, 0.5) is 0 Å². The van der Waals surface area contributed by atoms with E-state index in [1.54, 1.807) is 0 Å². The minimum absolute atomic E-state index is 0.241. The van der Waals surface area contributed by atoms with E-state index < -0.39 is 0 Å². The molecule has 0 spiro atoms. The highest BCUT2D eigenvalue weighted by Crippen LogP contribution is 2.26. The van der Waals surface area contributed by atoms with Gasteiger partial charge in [-0.2, -0.15) is 0 Å². The predicted molar refractivity (Wildman–Crippen MR) is 81.4 cm³/mol. The van der Waals surface area contributed by atoms with Gasteiger partial charge >= 0.3 is 0 Å². The third-order valence-corrected chi connectivity index (χ3v) is 4.37. The van der Waals surface area contributed by atoms with Crippen molar-refractivity contribution in [1.29, 1.82) is 0 Å². The number of rotatable bonds is 5. The lowest BCUT2D eigenvalue weighted by molar-refractivity contribution is 0.464. The zero-order chi connectivity index (χ0) is 13.0. The lowest BCUT2D eigenvalue weighted by atomic mass is 9.92. The second-order valence-electron chi connectivity index (χ2n) is 4.93. The average molecular weight is 261 g/mol. The fourth-order valence-electron chi connectivity index (χ4n) is 2.65. The quantitative estimate of drug-likeness (QED) is 0.629. The fraction of sp³-hybridized carbons (Fsp3) is 0.412. The van der Waals surface area contributed by atoms with E-state index in [4.69, 9.17) is 11.6 Å². The van der Waals surface area contributed by atoms with E-state index in [2.05, 4.69) is 56.3 Å². The molecule has 0 heterocycles. The molecule has 0 nitrogen and oxygen atoms in total. The van der Waals surface area contributed by atoms with Gasteiger partial charge in [0, 0.05) is 5.38 Å². The van der Waals surface area contributed by atoms with Gasteiger partial charge in [0.2, 0.25) is 0 Å². The summed E-state index contributed by atoms with van der Waals surface area (Å²) in [5.74, 6) is 0.616. The Kier molecular flexibility index (Phi) is 4.66. The smallest absolute Gasteiger partial charge is 0.0404 e. The van der Waals surface area contributed by atoms with E-state index >= 15 is 0 Å². The Morgan fingerprint density at radius 1 is 0.944 bits per heavy atom. The summed E-state index contributed by atoms with van der Waals surface area (Å²) in [4.78, 5) is 0. The number of hydrogen-bond donors (Lipinski definition) is 0. The van der Waals surface area contributed by atoms with Crippen molar-refractivity contribution < 1.29 is 0 Å². The van der Waals surface area contributed by atoms with E-state index in [1.807, 2.05) is 0 Å². The van der Waals surface area contributed by atoms with Gasteiger partial charge in [-0.1, -0.05) is 69.2 Å². The highest BCUT2D eigenvalue weighted by Gasteiger charge is 2.16. The molecule has 0 N–H and O–H groups in total. The van der Waals surface area contributed by atoms with Crippen molar-refractivity contribution in [2.45, 2.75) is 38.5 Å². The maximum atomic E-state index is 6.58. The van der Waals surface area contributed by atoms with Gasteiger partial charge in [-0.25, -0.2) is 0 Å². The molecule has 96 valence electrons. The summed E-state index contributed by atoms with van der Waals surface area (Å²) in [6.07, 6.45) is 3.29. The molecule has 0 bridgehead atoms. The first-order chi connectivity index (χ1) is 8.76. The van der Waals surface area contributed by atoms with Gasteiger partial charge in [0.05, 0.1) is 0 Å². The topological polar surface area (TPSA) is 0 Å². The zero-order valence-corrected chi connectivity index (χ0v) is 12.0. The molecule has 0 aliphatic rings. The number of benzene rings is 2. The van der Waals surface area contributed by atoms with Crippen molar-refractivity contribution in [3.8, 4) is 0 Å². The van der Waals surface area contributed by atoms with Gasteiger partial charge in [-0.05, 0) is 28.7 Å². The van der Waals surface area contributed by atoms with Crippen molar-refractivity contribution >= 4 is 22.4 Å². The normalized spacial score (nSPS) is 13.1. The Hall–Kier alpha value is -1.01. The molecule has 1 unspecified atom stereocenters. The lowest BCUT2D eigenvalue weighted by Crippen LogP contribution is -2.16. The highest BCUT2D eigenvalue weighted by atomic mass is 35.5. The minimum atomic E-state index is 0.241. The molecule has 2 aromatic rings. The zero-order valence-electron chi connectivity index (χ0n) is 11.2. The van der Waals surface area contributed by atoms with Crippen LogP contribution in [0.3, 0.4) is 0 Å². The van der Waals surface area contributed by atoms with Crippen LogP contribution in [0.1, 0.15) is 32.3 Å². The molecule has 1 heteroatoms. The van der Waals surface area contributed by atoms with Gasteiger partial charge in [-0.15, -0.1) is 11.6 Å². The van der Waals surface area contributed by atoms with E-state index in [-0.39, 0.29) is 5.38 Å². The lowest BCUT2D eigenvalue weighted by Gasteiger charge is -2.20. The Morgan fingerprint density at radius 2 is 1.61 bits per heavy atom. The van der Waals surface area contributed by atoms with Crippen LogP contribution in [0, 0.1) is 5.92 Å². The van der Waals surface area contributed by atoms with Crippen LogP contribution >= 0.6 is 11.6 Å². The van der Waals surface area contributed by atoms with Crippen molar-refractivity contribution in [1.82, 2.24) is 0 Å². The Morgan fingerprint density at radius 3 is 2.33 bits per heavy atom. The molecule has 0 aliphatic heterocycles. The molecule has 2 aromatic carbocycles. The molecule has 0 aromatic heterocycles. The first kappa shape index (κ1) is 13.4. The summed E-state index contributed by atoms with van der Waals surface area (Å²) in [6, 6.07) is 15.1. The first-order valence-corrected chi connectivity index (χ1v) is 7.30. The van der Waals surface area contributed by atoms with Gasteiger partial charge < -0.3 is 0 Å². The van der Waals surface area contributed by atoms with Crippen molar-refractivity contribution in [2.24, 2.45) is 5.92 Å². The maximum Gasteiger partial charge on any atom is 0.0404 e. The van der Waals surface area contributed by atoms with Gasteiger partial charge in [0.15, 0.2) is 0 Å². The molecule has 0 saturated heterocycles. The molecule has 0 amide bonds. The average Bonchev–Trinajstić information content (AvgIpc) is 2.40. The van der Waals surface area contributed by atoms with Crippen molar-refractivity contribution in [2.75, 3.05) is 0 Å². The summed E-state index contributed by atoms with van der Waals surface area (Å²) in [6.45, 7) is 4.46. The first-order valence-electron chi connectivity index (χ1n) is 6.87. The fourth-order valence-corrected chi connectivity index (χ4v) is 3.17. The molecular weight excluding hydrogens is 240 g/mol. The van der Waals surface area contributed by atoms with Crippen LogP contribution in [-0.4, -0.2) is 5.38 Å². The van der Waals surface area contributed by atoms with E-state index in [9.17, 15) is 0 Å². The number of fused-ring (bicyclic) bond motifs is 1. The second-order valence-corrected chi connectivity index (χ2v) is 5.50. The molecular formula is C17H21Cl. The largest absolute Gasteiger partial charge is 0.122 e. The summed E-state index contributed by atoms with van der Waals surface area (Å²) in [5.41, 5.74) is 1.38. The third kappa shape index (κ3) is 2.87. The monoisotopic (exact) mass is 260 g/mol. The molecule has 0 radical (unpaired) electrons. The SMILES string of the molecule is CCC(CC)C(Cl)Cc1cccc2ccccc12. The molecule has 1 atom stereocenters. The minimum Gasteiger partial charge on any atom is -0.122 e. The standard InChI is InChI=1S/C17H21Cl/c1-3-13(4-2)17(18)12-15-10-7-9-14-8-5-6-11-16(14)15/h5-11,13,17H,3-4,12H2,1-2H3. The van der Waals surface area contributed by atoms with Crippen molar-refractivity contribution in [3.63, 3.8) is 0 Å². The van der Waals surface area contributed by atoms with Crippen LogP contribution in [0.15, 0.2) is 42.5 Å². The summed E-state index contributed by atoms with van der Waals surface area (Å²) < 4.78 is 0. The third-order valence-electron chi connectivity index (χ3n) is 3.86. The Labute approximate surface area is 115 Å². The number of halogens is 1. The van der Waals surface area contributed by atoms with E-state index in [0.29, 0.717) is 5.92 Å². The van der Waals surface area contributed by atoms with Gasteiger partial charge in [-0.3, -0.25) is 0 Å². The number of hydrogen-bond acceptors (Lipinski definition) is 0. The molecule has 18 heavy (non-hydrogen) atoms. The number of alkyl halides is 1. The van der Waals surface area contributed by atoms with Crippen LogP contribution in [0.25, 0.3) is 10.8 Å². The highest BCUT2D eigenvalue weighted by molar-refractivity contribution is 6.21. The molecule has 0 fully saturated rings. The summed E-state index contributed by atoms with van der Waals surface area (Å²) >= 11 is 6.58. The Bertz CT molecular complexity index is 494. The summed E-state index contributed by atoms with van der Waals surface area (Å²) in [7, 11) is 0. The van der Waals surface area contributed by atoms with Crippen LogP contribution in [0.5, 0.6) is 0 Å². The van der Waals surface area contributed by atoms with Crippen LogP contribution in [0.2, 0.25) is 0 Å². The Balaban J connectivity index is 2.26. The van der Waals surface area contributed by atoms with E-state index in [0.717, 1.165) is 19.3 Å². The predicted octanol–water partition coefficient (Wildman–Crippen LogP) is 5.43.